The average Bonchev–Trinajstić information content (AvgIpc) is 2.16. The lowest BCUT2D eigenvalue weighted by atomic mass is 10.1. The first kappa shape index (κ1) is 10.5. The minimum Gasteiger partial charge on any atom is -0.380 e. The van der Waals surface area contributed by atoms with E-state index in [9.17, 15) is 4.79 Å². The molecule has 0 aromatic heterocycles. The largest absolute Gasteiger partial charge is 0.380 e. The van der Waals surface area contributed by atoms with E-state index in [1.54, 1.807) is 18.9 Å². The van der Waals surface area contributed by atoms with Gasteiger partial charge in [0.2, 0.25) is 5.91 Å². The van der Waals surface area contributed by atoms with Crippen LogP contribution in [0.4, 0.5) is 0 Å². The molecular weight excluding hydrogens is 168 g/mol. The van der Waals surface area contributed by atoms with Crippen LogP contribution in [0, 0.1) is 0 Å². The third-order valence-corrected chi connectivity index (χ3v) is 2.41. The highest BCUT2D eigenvalue weighted by atomic mass is 16.5. The first-order chi connectivity index (χ1) is 6.15. The molecule has 0 radical (unpaired) electrons. The van der Waals surface area contributed by atoms with Crippen molar-refractivity contribution < 1.29 is 9.53 Å². The van der Waals surface area contributed by atoms with Crippen molar-refractivity contribution in [1.29, 1.82) is 0 Å². The lowest BCUT2D eigenvalue weighted by molar-refractivity contribution is -0.135. The fraction of sp³-hybridized carbons (Fsp3) is 0.889. The maximum atomic E-state index is 11.5. The summed E-state index contributed by atoms with van der Waals surface area (Å²) in [5.74, 6) is 0.0294. The number of ether oxygens (including phenoxy) is 1. The van der Waals surface area contributed by atoms with Gasteiger partial charge in [0.1, 0.15) is 0 Å². The molecule has 1 aliphatic heterocycles. The Morgan fingerprint density at radius 3 is 2.92 bits per heavy atom. The number of rotatable bonds is 2. The van der Waals surface area contributed by atoms with Crippen LogP contribution in [-0.2, 0) is 9.53 Å². The van der Waals surface area contributed by atoms with E-state index in [4.69, 9.17) is 10.5 Å². The van der Waals surface area contributed by atoms with Crippen molar-refractivity contribution in [3.8, 4) is 0 Å². The maximum Gasteiger partial charge on any atom is 0.239 e. The van der Waals surface area contributed by atoms with E-state index in [1.165, 1.54) is 0 Å². The number of carbonyl (C=O) groups is 1. The van der Waals surface area contributed by atoms with Crippen molar-refractivity contribution in [3.05, 3.63) is 0 Å². The van der Waals surface area contributed by atoms with E-state index in [0.29, 0.717) is 6.54 Å². The van der Waals surface area contributed by atoms with Gasteiger partial charge in [-0.3, -0.25) is 4.79 Å². The summed E-state index contributed by atoms with van der Waals surface area (Å²) < 4.78 is 5.22. The maximum absolute atomic E-state index is 11.5. The van der Waals surface area contributed by atoms with E-state index >= 15 is 0 Å². The van der Waals surface area contributed by atoms with E-state index < -0.39 is 6.04 Å². The van der Waals surface area contributed by atoms with Crippen molar-refractivity contribution in [3.63, 3.8) is 0 Å². The monoisotopic (exact) mass is 186 g/mol. The molecule has 1 heterocycles. The van der Waals surface area contributed by atoms with Crippen molar-refractivity contribution in [1.82, 2.24) is 4.90 Å². The summed E-state index contributed by atoms with van der Waals surface area (Å²) in [6, 6.07) is -0.393. The Morgan fingerprint density at radius 2 is 2.38 bits per heavy atom. The molecule has 0 aromatic carbocycles. The normalized spacial score (nSPS) is 25.8. The van der Waals surface area contributed by atoms with E-state index in [-0.39, 0.29) is 12.0 Å². The van der Waals surface area contributed by atoms with Crippen LogP contribution in [0.5, 0.6) is 0 Å². The Morgan fingerprint density at radius 1 is 1.69 bits per heavy atom. The van der Waals surface area contributed by atoms with Crippen molar-refractivity contribution in [2.24, 2.45) is 5.73 Å². The van der Waals surface area contributed by atoms with Gasteiger partial charge >= 0.3 is 0 Å². The topological polar surface area (TPSA) is 55.6 Å². The molecule has 0 bridgehead atoms. The minimum absolute atomic E-state index is 0.0294. The predicted octanol–water partition coefficient (Wildman–Crippen LogP) is -0.0290. The molecule has 0 saturated carbocycles. The highest BCUT2D eigenvalue weighted by Gasteiger charge is 2.24. The van der Waals surface area contributed by atoms with Gasteiger partial charge in [-0.1, -0.05) is 0 Å². The summed E-state index contributed by atoms with van der Waals surface area (Å²) in [5.41, 5.74) is 5.52. The zero-order chi connectivity index (χ0) is 9.84. The summed E-state index contributed by atoms with van der Waals surface area (Å²) in [5, 5.41) is 0. The van der Waals surface area contributed by atoms with Gasteiger partial charge in [-0.25, -0.2) is 0 Å². The molecule has 76 valence electrons. The molecule has 1 aliphatic rings. The van der Waals surface area contributed by atoms with Gasteiger partial charge in [0.05, 0.1) is 12.1 Å². The fourth-order valence-corrected chi connectivity index (χ4v) is 1.62. The molecule has 1 saturated heterocycles. The zero-order valence-electron chi connectivity index (χ0n) is 8.32. The molecule has 1 rings (SSSR count). The van der Waals surface area contributed by atoms with E-state index in [2.05, 4.69) is 0 Å². The number of methoxy groups -OCH3 is 1. The summed E-state index contributed by atoms with van der Waals surface area (Å²) >= 11 is 0. The van der Waals surface area contributed by atoms with Crippen molar-refractivity contribution >= 4 is 5.91 Å². The van der Waals surface area contributed by atoms with Crippen LogP contribution in [0.25, 0.3) is 0 Å². The lowest BCUT2D eigenvalue weighted by Gasteiger charge is -2.32. The SMILES string of the molecule is COC1CCCN(C(=O)[C@H](C)N)C1. The predicted molar refractivity (Wildman–Crippen MR) is 50.3 cm³/mol. The van der Waals surface area contributed by atoms with Gasteiger partial charge in [0, 0.05) is 20.2 Å². The second-order valence-corrected chi connectivity index (χ2v) is 3.57. The number of hydrogen-bond acceptors (Lipinski definition) is 3. The number of likely N-dealkylation sites (tertiary alicyclic amines) is 1. The Kier molecular flexibility index (Phi) is 3.69. The average molecular weight is 186 g/mol. The first-order valence-electron chi connectivity index (χ1n) is 4.72. The van der Waals surface area contributed by atoms with Gasteiger partial charge in [-0.2, -0.15) is 0 Å². The Hall–Kier alpha value is -0.610. The summed E-state index contributed by atoms with van der Waals surface area (Å²) in [4.78, 5) is 13.3. The van der Waals surface area contributed by atoms with Gasteiger partial charge in [0.15, 0.2) is 0 Å². The first-order valence-corrected chi connectivity index (χ1v) is 4.72. The molecule has 2 atom stereocenters. The van der Waals surface area contributed by atoms with Gasteiger partial charge < -0.3 is 15.4 Å². The van der Waals surface area contributed by atoms with E-state index in [0.717, 1.165) is 19.4 Å². The lowest BCUT2D eigenvalue weighted by Crippen LogP contribution is -2.48. The Bertz CT molecular complexity index is 182. The Labute approximate surface area is 79.0 Å². The molecule has 1 unspecified atom stereocenters. The van der Waals surface area contributed by atoms with Gasteiger partial charge in [0.25, 0.3) is 0 Å². The van der Waals surface area contributed by atoms with Crippen LogP contribution >= 0.6 is 0 Å². The summed E-state index contributed by atoms with van der Waals surface area (Å²) in [7, 11) is 1.69. The standard InChI is InChI=1S/C9H18N2O2/c1-7(10)9(12)11-5-3-4-8(6-11)13-2/h7-8H,3-6,10H2,1-2H3/t7-,8?/m0/s1. The van der Waals surface area contributed by atoms with Crippen LogP contribution in [-0.4, -0.2) is 43.2 Å². The van der Waals surface area contributed by atoms with Crippen LogP contribution < -0.4 is 5.73 Å². The highest BCUT2D eigenvalue weighted by molar-refractivity contribution is 5.81. The summed E-state index contributed by atoms with van der Waals surface area (Å²) in [6.07, 6.45) is 2.24. The third kappa shape index (κ3) is 2.67. The smallest absolute Gasteiger partial charge is 0.239 e. The molecule has 1 fully saturated rings. The van der Waals surface area contributed by atoms with Crippen LogP contribution in [0.3, 0.4) is 0 Å². The minimum atomic E-state index is -0.393. The second kappa shape index (κ2) is 4.58. The molecule has 0 aliphatic carbocycles. The van der Waals surface area contributed by atoms with Crippen molar-refractivity contribution in [2.45, 2.75) is 31.9 Å². The molecular formula is C9H18N2O2. The number of nitrogens with two attached hydrogens (primary N) is 1. The molecule has 13 heavy (non-hydrogen) atoms. The molecule has 4 nitrogen and oxygen atoms in total. The number of piperidine rings is 1. The number of hydrogen-bond donors (Lipinski definition) is 1. The van der Waals surface area contributed by atoms with Crippen LogP contribution in [0.15, 0.2) is 0 Å². The quantitative estimate of drug-likeness (QED) is 0.659. The van der Waals surface area contributed by atoms with E-state index in [1.807, 2.05) is 0 Å². The molecule has 4 heteroatoms. The Balaban J connectivity index is 2.46. The second-order valence-electron chi connectivity index (χ2n) is 3.57. The highest BCUT2D eigenvalue weighted by Crippen LogP contribution is 2.12. The van der Waals surface area contributed by atoms with Crippen molar-refractivity contribution in [2.75, 3.05) is 20.2 Å². The van der Waals surface area contributed by atoms with Crippen LogP contribution in [0.1, 0.15) is 19.8 Å². The third-order valence-electron chi connectivity index (χ3n) is 2.41. The fourth-order valence-electron chi connectivity index (χ4n) is 1.62. The number of carbonyl (C=O) groups excluding carboxylic acids is 1. The zero-order valence-corrected chi connectivity index (χ0v) is 8.32. The number of nitrogens with zero attached hydrogens (tertiary/aromatic N) is 1. The van der Waals surface area contributed by atoms with Gasteiger partial charge in [-0.05, 0) is 19.8 Å². The molecule has 0 spiro atoms. The van der Waals surface area contributed by atoms with Crippen LogP contribution in [0.2, 0.25) is 0 Å². The number of amides is 1. The van der Waals surface area contributed by atoms with Gasteiger partial charge in [-0.15, -0.1) is 0 Å². The molecule has 2 N–H and O–H groups in total. The molecule has 1 amide bonds. The summed E-state index contributed by atoms with van der Waals surface area (Å²) in [6.45, 7) is 3.23. The molecule has 0 aromatic rings.